The van der Waals surface area contributed by atoms with Crippen molar-refractivity contribution in [3.8, 4) is 12.3 Å². The van der Waals surface area contributed by atoms with Gasteiger partial charge in [0.2, 0.25) is 0 Å². The average Bonchev–Trinajstić information content (AvgIpc) is 2.02. The van der Waals surface area contributed by atoms with Gasteiger partial charge < -0.3 is 0 Å². The standard InChI is InChI=1S/C9H18N2S/c1-4-5-9(11-10)7-12-6-8(2)3/h1,8-9,11H,5-7,10H2,2-3H3. The number of hydrogen-bond acceptors (Lipinski definition) is 3. The molecule has 0 aliphatic rings. The fourth-order valence-electron chi connectivity index (χ4n) is 0.754. The van der Waals surface area contributed by atoms with Crippen LogP contribution in [-0.4, -0.2) is 17.5 Å². The topological polar surface area (TPSA) is 38.0 Å². The largest absolute Gasteiger partial charge is 0.271 e. The molecule has 0 fully saturated rings. The maximum absolute atomic E-state index is 5.32. The molecule has 12 heavy (non-hydrogen) atoms. The maximum Gasteiger partial charge on any atom is 0.0410 e. The molecular weight excluding hydrogens is 168 g/mol. The Morgan fingerprint density at radius 2 is 2.17 bits per heavy atom. The van der Waals surface area contributed by atoms with Crippen LogP contribution >= 0.6 is 11.8 Å². The van der Waals surface area contributed by atoms with Crippen LogP contribution in [0, 0.1) is 18.3 Å². The lowest BCUT2D eigenvalue weighted by molar-refractivity contribution is 0.591. The second-order valence-corrected chi connectivity index (χ2v) is 4.28. The summed E-state index contributed by atoms with van der Waals surface area (Å²) in [5.74, 6) is 10.8. The van der Waals surface area contributed by atoms with Crippen molar-refractivity contribution in [2.45, 2.75) is 26.3 Å². The summed E-state index contributed by atoms with van der Waals surface area (Å²) in [5.41, 5.74) is 2.71. The summed E-state index contributed by atoms with van der Waals surface area (Å²) in [4.78, 5) is 0. The van der Waals surface area contributed by atoms with E-state index >= 15 is 0 Å². The van der Waals surface area contributed by atoms with E-state index in [0.29, 0.717) is 6.42 Å². The average molecular weight is 186 g/mol. The first-order valence-electron chi connectivity index (χ1n) is 4.18. The van der Waals surface area contributed by atoms with Gasteiger partial charge in [-0.05, 0) is 11.7 Å². The van der Waals surface area contributed by atoms with Crippen LogP contribution < -0.4 is 11.3 Å². The first kappa shape index (κ1) is 11.8. The van der Waals surface area contributed by atoms with E-state index in [1.165, 1.54) is 5.75 Å². The van der Waals surface area contributed by atoms with Crippen molar-refractivity contribution in [3.63, 3.8) is 0 Å². The number of thioether (sulfide) groups is 1. The molecule has 0 aromatic carbocycles. The molecule has 0 rings (SSSR count). The summed E-state index contributed by atoms with van der Waals surface area (Å²) in [6.45, 7) is 4.41. The van der Waals surface area contributed by atoms with Crippen LogP contribution in [0.2, 0.25) is 0 Å². The monoisotopic (exact) mass is 186 g/mol. The van der Waals surface area contributed by atoms with Crippen molar-refractivity contribution in [1.82, 2.24) is 5.43 Å². The highest BCUT2D eigenvalue weighted by Crippen LogP contribution is 2.09. The molecule has 1 atom stereocenters. The molecule has 0 aliphatic heterocycles. The van der Waals surface area contributed by atoms with Crippen LogP contribution in [0.3, 0.4) is 0 Å². The molecular formula is C9H18N2S. The van der Waals surface area contributed by atoms with E-state index < -0.39 is 0 Å². The number of hydrogen-bond donors (Lipinski definition) is 2. The highest BCUT2D eigenvalue weighted by Gasteiger charge is 2.04. The lowest BCUT2D eigenvalue weighted by Gasteiger charge is -2.12. The van der Waals surface area contributed by atoms with E-state index in [1.807, 2.05) is 11.8 Å². The minimum atomic E-state index is 0.263. The molecule has 1 unspecified atom stereocenters. The van der Waals surface area contributed by atoms with Gasteiger partial charge in [-0.1, -0.05) is 13.8 Å². The van der Waals surface area contributed by atoms with Gasteiger partial charge in [0.1, 0.15) is 0 Å². The summed E-state index contributed by atoms with van der Waals surface area (Å²) in [7, 11) is 0. The zero-order valence-electron chi connectivity index (χ0n) is 7.84. The predicted octanol–water partition coefficient (Wildman–Crippen LogP) is 1.23. The molecule has 2 nitrogen and oxygen atoms in total. The molecule has 70 valence electrons. The van der Waals surface area contributed by atoms with Gasteiger partial charge >= 0.3 is 0 Å². The second-order valence-electron chi connectivity index (χ2n) is 3.20. The third-order valence-electron chi connectivity index (χ3n) is 1.37. The molecule has 3 heteroatoms. The highest BCUT2D eigenvalue weighted by molar-refractivity contribution is 7.99. The van der Waals surface area contributed by atoms with Gasteiger partial charge in [0, 0.05) is 18.2 Å². The molecule has 0 radical (unpaired) electrons. The number of hydrazine groups is 1. The van der Waals surface area contributed by atoms with Crippen molar-refractivity contribution in [2.24, 2.45) is 11.8 Å². The molecule has 0 bridgehead atoms. The zero-order chi connectivity index (χ0) is 9.40. The Labute approximate surface area is 79.6 Å². The third-order valence-corrected chi connectivity index (χ3v) is 2.91. The van der Waals surface area contributed by atoms with Crippen molar-refractivity contribution >= 4 is 11.8 Å². The molecule has 0 spiro atoms. The van der Waals surface area contributed by atoms with Crippen LogP contribution in [-0.2, 0) is 0 Å². The Morgan fingerprint density at radius 3 is 2.58 bits per heavy atom. The molecule has 3 N–H and O–H groups in total. The zero-order valence-corrected chi connectivity index (χ0v) is 8.66. The number of terminal acetylenes is 1. The smallest absolute Gasteiger partial charge is 0.0410 e. The SMILES string of the molecule is C#CCC(CSCC(C)C)NN. The van der Waals surface area contributed by atoms with Crippen LogP contribution in [0.25, 0.3) is 0 Å². The molecule has 0 aromatic rings. The summed E-state index contributed by atoms with van der Waals surface area (Å²) in [5, 5.41) is 0. The van der Waals surface area contributed by atoms with Crippen LogP contribution in [0.15, 0.2) is 0 Å². The summed E-state index contributed by atoms with van der Waals surface area (Å²) >= 11 is 1.90. The van der Waals surface area contributed by atoms with Crippen molar-refractivity contribution in [1.29, 1.82) is 0 Å². The number of nitrogens with one attached hydrogen (secondary N) is 1. The first-order chi connectivity index (χ1) is 5.70. The Kier molecular flexibility index (Phi) is 7.37. The molecule has 0 heterocycles. The van der Waals surface area contributed by atoms with Gasteiger partial charge in [-0.15, -0.1) is 12.3 Å². The maximum atomic E-state index is 5.32. The van der Waals surface area contributed by atoms with Crippen molar-refractivity contribution in [2.75, 3.05) is 11.5 Å². The quantitative estimate of drug-likeness (QED) is 0.372. The van der Waals surface area contributed by atoms with E-state index in [0.717, 1.165) is 11.7 Å². The van der Waals surface area contributed by atoms with Crippen LogP contribution in [0.4, 0.5) is 0 Å². The first-order valence-corrected chi connectivity index (χ1v) is 5.33. The van der Waals surface area contributed by atoms with Gasteiger partial charge in [-0.2, -0.15) is 11.8 Å². The molecule has 0 aliphatic carbocycles. The minimum Gasteiger partial charge on any atom is -0.271 e. The van der Waals surface area contributed by atoms with Crippen molar-refractivity contribution < 1.29 is 0 Å². The molecule has 0 saturated heterocycles. The van der Waals surface area contributed by atoms with Crippen LogP contribution in [0.1, 0.15) is 20.3 Å². The van der Waals surface area contributed by atoms with E-state index in [-0.39, 0.29) is 6.04 Å². The van der Waals surface area contributed by atoms with E-state index in [2.05, 4.69) is 25.2 Å². The normalized spacial score (nSPS) is 12.9. The van der Waals surface area contributed by atoms with E-state index in [9.17, 15) is 0 Å². The summed E-state index contributed by atoms with van der Waals surface area (Å²) in [6.07, 6.45) is 5.89. The van der Waals surface area contributed by atoms with E-state index in [1.54, 1.807) is 0 Å². The lowest BCUT2D eigenvalue weighted by Crippen LogP contribution is -2.36. The Bertz CT molecular complexity index is 140. The van der Waals surface area contributed by atoms with Gasteiger partial charge in [0.25, 0.3) is 0 Å². The number of nitrogens with two attached hydrogens (primary N) is 1. The molecule has 0 amide bonds. The number of rotatable bonds is 6. The van der Waals surface area contributed by atoms with Gasteiger partial charge in [0.15, 0.2) is 0 Å². The minimum absolute atomic E-state index is 0.263. The van der Waals surface area contributed by atoms with Gasteiger partial charge in [-0.3, -0.25) is 11.3 Å². The predicted molar refractivity (Wildman–Crippen MR) is 56.7 cm³/mol. The Balaban J connectivity index is 3.39. The Morgan fingerprint density at radius 1 is 1.50 bits per heavy atom. The van der Waals surface area contributed by atoms with Crippen LogP contribution in [0.5, 0.6) is 0 Å². The molecule has 0 aromatic heterocycles. The van der Waals surface area contributed by atoms with E-state index in [4.69, 9.17) is 12.3 Å². The van der Waals surface area contributed by atoms with Crippen molar-refractivity contribution in [3.05, 3.63) is 0 Å². The lowest BCUT2D eigenvalue weighted by atomic mass is 10.2. The fraction of sp³-hybridized carbons (Fsp3) is 0.778. The fourth-order valence-corrected chi connectivity index (χ4v) is 1.86. The molecule has 0 saturated carbocycles. The highest BCUT2D eigenvalue weighted by atomic mass is 32.2. The van der Waals surface area contributed by atoms with Gasteiger partial charge in [0.05, 0.1) is 0 Å². The summed E-state index contributed by atoms with van der Waals surface area (Å²) < 4.78 is 0. The Hall–Kier alpha value is -0.170. The van der Waals surface area contributed by atoms with Gasteiger partial charge in [-0.25, -0.2) is 0 Å². The second kappa shape index (κ2) is 7.48. The third kappa shape index (κ3) is 6.53. The summed E-state index contributed by atoms with van der Waals surface area (Å²) in [6, 6.07) is 0.263.